The summed E-state index contributed by atoms with van der Waals surface area (Å²) in [6.45, 7) is 5.99. The smallest absolute Gasteiger partial charge is 0.278 e. The average Bonchev–Trinajstić information content (AvgIpc) is 2.70. The maximum atomic E-state index is 11.2. The fourth-order valence-corrected chi connectivity index (χ4v) is 1.25. The van der Waals surface area contributed by atoms with E-state index >= 15 is 0 Å². The summed E-state index contributed by atoms with van der Waals surface area (Å²) in [4.78, 5) is 15.5. The molecule has 2 heterocycles. The molecule has 0 amide bonds. The zero-order valence-corrected chi connectivity index (χ0v) is 10.3. The summed E-state index contributed by atoms with van der Waals surface area (Å²) in [5.41, 5.74) is 0.141. The van der Waals surface area contributed by atoms with E-state index in [0.717, 1.165) is 0 Å². The van der Waals surface area contributed by atoms with E-state index in [1.165, 1.54) is 10.7 Å². The van der Waals surface area contributed by atoms with Crippen LogP contribution in [0.4, 0.5) is 0 Å². The Morgan fingerprint density at radius 3 is 2.53 bits per heavy atom. The Bertz CT molecular complexity index is 592. The Morgan fingerprint density at radius 2 is 2.00 bits per heavy atom. The van der Waals surface area contributed by atoms with Crippen LogP contribution in [0.3, 0.4) is 0 Å². The second kappa shape index (κ2) is 3.80. The Labute approximate surface area is 98.3 Å². The number of aromatic nitrogens is 4. The van der Waals surface area contributed by atoms with E-state index in [4.69, 9.17) is 4.52 Å². The van der Waals surface area contributed by atoms with Crippen molar-refractivity contribution in [1.29, 1.82) is 0 Å². The highest BCUT2D eigenvalue weighted by atomic mass is 16.5. The highest BCUT2D eigenvalue weighted by molar-refractivity contribution is 5.44. The van der Waals surface area contributed by atoms with E-state index < -0.39 is 0 Å². The van der Waals surface area contributed by atoms with Crippen LogP contribution in [0.1, 0.15) is 26.6 Å². The quantitative estimate of drug-likeness (QED) is 0.739. The third-order valence-corrected chi connectivity index (χ3v) is 2.28. The van der Waals surface area contributed by atoms with Gasteiger partial charge in [0, 0.05) is 18.5 Å². The summed E-state index contributed by atoms with van der Waals surface area (Å²) in [5.74, 6) is 0.939. The molecule has 0 spiro atoms. The van der Waals surface area contributed by atoms with Crippen molar-refractivity contribution < 1.29 is 4.52 Å². The first-order valence-corrected chi connectivity index (χ1v) is 5.27. The lowest BCUT2D eigenvalue weighted by Gasteiger charge is -2.10. The Kier molecular flexibility index (Phi) is 2.57. The van der Waals surface area contributed by atoms with Gasteiger partial charge in [0.05, 0.1) is 0 Å². The van der Waals surface area contributed by atoms with Crippen molar-refractivity contribution in [3.05, 3.63) is 28.3 Å². The van der Waals surface area contributed by atoms with Gasteiger partial charge in [-0.3, -0.25) is 4.79 Å². The molecular weight excluding hydrogens is 220 g/mol. The first kappa shape index (κ1) is 11.5. The number of rotatable bonds is 1. The summed E-state index contributed by atoms with van der Waals surface area (Å²) in [6, 6.07) is 2.99. The van der Waals surface area contributed by atoms with Crippen molar-refractivity contribution in [1.82, 2.24) is 19.9 Å². The molecule has 2 aromatic heterocycles. The SMILES string of the molecule is Cn1nc(-c2nc(C(C)(C)C)no2)ccc1=O. The second-order valence-electron chi connectivity index (χ2n) is 4.85. The molecule has 6 nitrogen and oxygen atoms in total. The molecule has 2 rings (SSSR count). The number of aryl methyl sites for hydroxylation is 1. The molecule has 0 aliphatic carbocycles. The summed E-state index contributed by atoms with van der Waals surface area (Å²) in [7, 11) is 1.58. The Morgan fingerprint density at radius 1 is 1.29 bits per heavy atom. The minimum atomic E-state index is -0.178. The maximum Gasteiger partial charge on any atom is 0.278 e. The van der Waals surface area contributed by atoms with Crippen molar-refractivity contribution in [3.63, 3.8) is 0 Å². The van der Waals surface area contributed by atoms with Crippen molar-refractivity contribution in [2.75, 3.05) is 0 Å². The first-order chi connectivity index (χ1) is 7.88. The van der Waals surface area contributed by atoms with Crippen molar-refractivity contribution in [2.24, 2.45) is 7.05 Å². The fourth-order valence-electron chi connectivity index (χ4n) is 1.25. The Balaban J connectivity index is 2.44. The van der Waals surface area contributed by atoms with Crippen LogP contribution in [0.5, 0.6) is 0 Å². The molecule has 0 N–H and O–H groups in total. The number of hydrogen-bond donors (Lipinski definition) is 0. The van der Waals surface area contributed by atoms with Gasteiger partial charge in [0.25, 0.3) is 11.4 Å². The van der Waals surface area contributed by atoms with E-state index in [1.807, 2.05) is 20.8 Å². The van der Waals surface area contributed by atoms with Crippen LogP contribution in [0.15, 0.2) is 21.5 Å². The summed E-state index contributed by atoms with van der Waals surface area (Å²) >= 11 is 0. The molecule has 0 atom stereocenters. The van der Waals surface area contributed by atoms with Gasteiger partial charge in [-0.25, -0.2) is 4.68 Å². The van der Waals surface area contributed by atoms with E-state index in [2.05, 4.69) is 15.2 Å². The van der Waals surface area contributed by atoms with Crippen LogP contribution in [-0.4, -0.2) is 19.9 Å². The van der Waals surface area contributed by atoms with Crippen LogP contribution in [0.2, 0.25) is 0 Å². The third-order valence-electron chi connectivity index (χ3n) is 2.28. The van der Waals surface area contributed by atoms with Gasteiger partial charge in [-0.05, 0) is 6.07 Å². The van der Waals surface area contributed by atoms with E-state index in [-0.39, 0.29) is 11.0 Å². The molecule has 0 saturated carbocycles. The van der Waals surface area contributed by atoms with E-state index in [0.29, 0.717) is 17.4 Å². The van der Waals surface area contributed by atoms with Crippen LogP contribution in [0, 0.1) is 0 Å². The van der Waals surface area contributed by atoms with Gasteiger partial charge in [-0.2, -0.15) is 10.1 Å². The molecule has 0 unspecified atom stereocenters. The molecule has 0 aliphatic heterocycles. The molecular formula is C11H14N4O2. The van der Waals surface area contributed by atoms with Crippen LogP contribution in [0.25, 0.3) is 11.6 Å². The molecule has 2 aromatic rings. The normalized spacial score (nSPS) is 11.8. The third kappa shape index (κ3) is 2.25. The molecule has 0 saturated heterocycles. The van der Waals surface area contributed by atoms with Gasteiger partial charge in [-0.1, -0.05) is 25.9 Å². The molecule has 0 radical (unpaired) electrons. The van der Waals surface area contributed by atoms with Crippen LogP contribution >= 0.6 is 0 Å². The molecule has 0 fully saturated rings. The van der Waals surface area contributed by atoms with Crippen molar-refractivity contribution in [2.45, 2.75) is 26.2 Å². The van der Waals surface area contributed by atoms with Gasteiger partial charge in [0.1, 0.15) is 5.69 Å². The lowest BCUT2D eigenvalue weighted by atomic mass is 9.96. The maximum absolute atomic E-state index is 11.2. The zero-order valence-electron chi connectivity index (χ0n) is 10.3. The summed E-state index contributed by atoms with van der Waals surface area (Å²) < 4.78 is 6.37. The summed E-state index contributed by atoms with van der Waals surface area (Å²) in [5, 5.41) is 7.95. The average molecular weight is 234 g/mol. The van der Waals surface area contributed by atoms with Gasteiger partial charge < -0.3 is 4.52 Å². The lowest BCUT2D eigenvalue weighted by Crippen LogP contribution is -2.18. The van der Waals surface area contributed by atoms with Crippen LogP contribution in [-0.2, 0) is 12.5 Å². The fraction of sp³-hybridized carbons (Fsp3) is 0.455. The second-order valence-corrected chi connectivity index (χ2v) is 4.85. The molecule has 17 heavy (non-hydrogen) atoms. The zero-order chi connectivity index (χ0) is 12.6. The molecule has 0 aliphatic rings. The minimum absolute atomic E-state index is 0.177. The molecule has 6 heteroatoms. The van der Waals surface area contributed by atoms with E-state index in [1.54, 1.807) is 13.1 Å². The number of nitrogens with zero attached hydrogens (tertiary/aromatic N) is 4. The molecule has 0 aromatic carbocycles. The minimum Gasteiger partial charge on any atom is -0.332 e. The molecule has 0 bridgehead atoms. The topological polar surface area (TPSA) is 73.8 Å². The first-order valence-electron chi connectivity index (χ1n) is 5.27. The van der Waals surface area contributed by atoms with Gasteiger partial charge in [0.15, 0.2) is 5.82 Å². The largest absolute Gasteiger partial charge is 0.332 e. The predicted octanol–water partition coefficient (Wildman–Crippen LogP) is 1.13. The Hall–Kier alpha value is -1.98. The van der Waals surface area contributed by atoms with Crippen molar-refractivity contribution >= 4 is 0 Å². The highest BCUT2D eigenvalue weighted by Gasteiger charge is 2.22. The monoisotopic (exact) mass is 234 g/mol. The summed E-state index contributed by atoms with van der Waals surface area (Å²) in [6.07, 6.45) is 0. The van der Waals surface area contributed by atoms with Crippen molar-refractivity contribution in [3.8, 4) is 11.6 Å². The van der Waals surface area contributed by atoms with Gasteiger partial charge >= 0.3 is 0 Å². The van der Waals surface area contributed by atoms with Crippen LogP contribution < -0.4 is 5.56 Å². The standard InChI is InChI=1S/C11H14N4O2/c1-11(2,3)10-12-9(17-14-10)7-5-6-8(16)15(4)13-7/h5-6H,1-4H3. The number of hydrogen-bond acceptors (Lipinski definition) is 5. The van der Waals surface area contributed by atoms with Gasteiger partial charge in [0.2, 0.25) is 0 Å². The lowest BCUT2D eigenvalue weighted by molar-refractivity contribution is 0.400. The van der Waals surface area contributed by atoms with E-state index in [9.17, 15) is 4.79 Å². The predicted molar refractivity (Wildman–Crippen MR) is 61.5 cm³/mol. The highest BCUT2D eigenvalue weighted by Crippen LogP contribution is 2.21. The molecule has 90 valence electrons. The van der Waals surface area contributed by atoms with Gasteiger partial charge in [-0.15, -0.1) is 0 Å².